The molecule has 2 aliphatic carbocycles. The van der Waals surface area contributed by atoms with E-state index >= 15 is 9.59 Å². The van der Waals surface area contributed by atoms with Crippen LogP contribution >= 0.6 is 23.2 Å². The highest BCUT2D eigenvalue weighted by atomic mass is 35.5. The first-order valence-electron chi connectivity index (χ1n) is 19.2. The van der Waals surface area contributed by atoms with Crippen LogP contribution in [-0.4, -0.2) is 74.3 Å². The lowest BCUT2D eigenvalue weighted by molar-refractivity contribution is -0.138. The summed E-state index contributed by atoms with van der Waals surface area (Å²) in [4.78, 5) is 63.1. The summed E-state index contributed by atoms with van der Waals surface area (Å²) in [5, 5.41) is 13.4. The zero-order valence-corrected chi connectivity index (χ0v) is 33.2. The van der Waals surface area contributed by atoms with Crippen LogP contribution < -0.4 is 24.7 Å². The van der Waals surface area contributed by atoms with Crippen molar-refractivity contribution in [2.75, 3.05) is 55.7 Å². The summed E-state index contributed by atoms with van der Waals surface area (Å²) in [6.07, 6.45) is 2.25. The SMILES string of the molecule is COc1ccc(C23C(=O)N(Nc4ccc(Cl)cc4Cl)C(=O)C2CC2C(=CCC4C(=O)N(c5ccc(N6CCOCC6)cc5)C(=O)C42)C3c2ccc(OC)cc2O)cc1. The second kappa shape index (κ2) is 14.7. The highest BCUT2D eigenvalue weighted by Gasteiger charge is 2.70. The first kappa shape index (κ1) is 38.0. The van der Waals surface area contributed by atoms with Crippen molar-refractivity contribution in [1.82, 2.24) is 5.01 Å². The van der Waals surface area contributed by atoms with Gasteiger partial charge in [0.15, 0.2) is 0 Å². The number of amides is 4. The molecule has 9 rings (SSSR count). The Balaban J connectivity index is 1.18. The number of phenols is 1. The van der Waals surface area contributed by atoms with Crippen LogP contribution in [0.2, 0.25) is 10.0 Å². The Morgan fingerprint density at radius 2 is 1.48 bits per heavy atom. The highest BCUT2D eigenvalue weighted by Crippen LogP contribution is 2.65. The third-order valence-corrected chi connectivity index (χ3v) is 13.2. The molecule has 12 nitrogen and oxygen atoms in total. The lowest BCUT2D eigenvalue weighted by Gasteiger charge is -2.50. The number of allylic oxidation sites excluding steroid dienone is 2. The fraction of sp³-hybridized carbons (Fsp3) is 0.318. The van der Waals surface area contributed by atoms with Crippen LogP contribution in [0.4, 0.5) is 17.1 Å². The molecule has 4 amide bonds. The third kappa shape index (κ3) is 5.83. The maximum Gasteiger partial charge on any atom is 0.260 e. The van der Waals surface area contributed by atoms with Crippen LogP contribution in [0.15, 0.2) is 96.6 Å². The predicted octanol–water partition coefficient (Wildman–Crippen LogP) is 6.74. The van der Waals surface area contributed by atoms with Crippen LogP contribution in [0.3, 0.4) is 0 Å². The van der Waals surface area contributed by atoms with Crippen molar-refractivity contribution >= 4 is 63.9 Å². The van der Waals surface area contributed by atoms with E-state index in [0.717, 1.165) is 23.8 Å². The normalized spacial score (nSPS) is 26.6. The number of anilines is 3. The Kier molecular flexibility index (Phi) is 9.61. The molecule has 4 aromatic carbocycles. The van der Waals surface area contributed by atoms with Crippen LogP contribution in [0, 0.1) is 23.7 Å². The number of nitrogens with zero attached hydrogens (tertiary/aromatic N) is 3. The standard InChI is InChI=1S/C44H40Cl2N4O8/c1-56-28-10-3-24(4-11-28)44-34(41(53)50(43(44)55)47-36-16-5-25(45)21-35(36)46)23-33-30(39(44)31-13-12-29(57-2)22-37(31)51)14-15-32-38(33)42(54)49(40(32)52)27-8-6-26(7-9-27)48-17-19-58-20-18-48/h3-14,16,21-22,32-34,38-39,47,51H,15,17-20,23H2,1-2H3. The minimum Gasteiger partial charge on any atom is -0.508 e. The molecule has 14 heteroatoms. The highest BCUT2D eigenvalue weighted by molar-refractivity contribution is 6.36. The summed E-state index contributed by atoms with van der Waals surface area (Å²) < 4.78 is 16.4. The zero-order valence-electron chi connectivity index (χ0n) is 31.7. The van der Waals surface area contributed by atoms with Gasteiger partial charge >= 0.3 is 0 Å². The fourth-order valence-electron chi connectivity index (χ4n) is 9.97. The molecule has 3 saturated heterocycles. The van der Waals surface area contributed by atoms with E-state index < -0.39 is 46.8 Å². The van der Waals surface area contributed by atoms with Crippen molar-refractivity contribution in [1.29, 1.82) is 0 Å². The van der Waals surface area contributed by atoms with Crippen molar-refractivity contribution < 1.29 is 38.5 Å². The summed E-state index contributed by atoms with van der Waals surface area (Å²) in [6, 6.07) is 24.0. The number of aromatic hydroxyl groups is 1. The topological polar surface area (TPSA) is 138 Å². The van der Waals surface area contributed by atoms with Gasteiger partial charge in [0.25, 0.3) is 11.8 Å². The third-order valence-electron chi connectivity index (χ3n) is 12.6. The van der Waals surface area contributed by atoms with Gasteiger partial charge in [-0.3, -0.25) is 29.5 Å². The van der Waals surface area contributed by atoms with Crippen molar-refractivity contribution in [3.63, 3.8) is 0 Å². The second-order valence-electron chi connectivity index (χ2n) is 15.3. The van der Waals surface area contributed by atoms with Gasteiger partial charge in [-0.05, 0) is 85.0 Å². The summed E-state index contributed by atoms with van der Waals surface area (Å²) in [6.45, 7) is 2.73. The van der Waals surface area contributed by atoms with Crippen LogP contribution in [-0.2, 0) is 29.3 Å². The maximum atomic E-state index is 15.5. The summed E-state index contributed by atoms with van der Waals surface area (Å²) in [5.41, 5.74) is 4.67. The second-order valence-corrected chi connectivity index (χ2v) is 16.1. The van der Waals surface area contributed by atoms with Gasteiger partial charge in [-0.1, -0.05) is 53.1 Å². The van der Waals surface area contributed by atoms with Crippen LogP contribution in [0.25, 0.3) is 0 Å². The molecule has 0 spiro atoms. The van der Waals surface area contributed by atoms with E-state index in [9.17, 15) is 14.7 Å². The molecule has 2 N–H and O–H groups in total. The van der Waals surface area contributed by atoms with Gasteiger partial charge in [-0.25, -0.2) is 0 Å². The molecule has 3 heterocycles. The molecule has 0 radical (unpaired) electrons. The van der Waals surface area contributed by atoms with E-state index in [4.69, 9.17) is 37.4 Å². The lowest BCUT2D eigenvalue weighted by Crippen LogP contribution is -2.53. The van der Waals surface area contributed by atoms with Gasteiger partial charge in [-0.15, -0.1) is 0 Å². The predicted molar refractivity (Wildman–Crippen MR) is 217 cm³/mol. The lowest BCUT2D eigenvalue weighted by atomic mass is 9.49. The number of morpholine rings is 1. The number of nitrogens with one attached hydrogen (secondary N) is 1. The molecular formula is C44H40Cl2N4O8. The van der Waals surface area contributed by atoms with Crippen molar-refractivity contribution in [3.05, 3.63) is 118 Å². The molecule has 4 aromatic rings. The summed E-state index contributed by atoms with van der Waals surface area (Å²) in [5.74, 6) is -5.15. The molecule has 1 saturated carbocycles. The molecule has 6 unspecified atom stereocenters. The van der Waals surface area contributed by atoms with Crippen LogP contribution in [0.5, 0.6) is 17.2 Å². The number of hydrazine groups is 1. The fourth-order valence-corrected chi connectivity index (χ4v) is 10.4. The Labute approximate surface area is 344 Å². The number of rotatable bonds is 8. The molecule has 4 fully saturated rings. The monoisotopic (exact) mass is 822 g/mol. The Morgan fingerprint density at radius 1 is 0.793 bits per heavy atom. The number of imide groups is 2. The Bertz CT molecular complexity index is 2370. The van der Waals surface area contributed by atoms with Gasteiger partial charge in [0, 0.05) is 41.3 Å². The van der Waals surface area contributed by atoms with E-state index in [-0.39, 0.29) is 41.1 Å². The summed E-state index contributed by atoms with van der Waals surface area (Å²) in [7, 11) is 3.02. The van der Waals surface area contributed by atoms with E-state index in [1.54, 1.807) is 60.7 Å². The average Bonchev–Trinajstić information content (AvgIpc) is 3.62. The number of ether oxygens (including phenoxy) is 3. The first-order valence-corrected chi connectivity index (χ1v) is 19.9. The van der Waals surface area contributed by atoms with E-state index in [2.05, 4.69) is 10.3 Å². The van der Waals surface area contributed by atoms with Crippen LogP contribution in [0.1, 0.15) is 29.9 Å². The maximum absolute atomic E-state index is 15.5. The number of methoxy groups -OCH3 is 2. The number of carbonyl (C=O) groups excluding carboxylic acids is 4. The number of benzene rings is 4. The number of hydrogen-bond donors (Lipinski definition) is 2. The molecule has 5 aliphatic rings. The molecule has 6 atom stereocenters. The van der Waals surface area contributed by atoms with Gasteiger partial charge in [-0.2, -0.15) is 5.01 Å². The number of carbonyl (C=O) groups is 4. The van der Waals surface area contributed by atoms with Crippen molar-refractivity contribution in [2.45, 2.75) is 24.2 Å². The minimum absolute atomic E-state index is 0.0758. The molecule has 0 aromatic heterocycles. The zero-order chi connectivity index (χ0) is 40.5. The summed E-state index contributed by atoms with van der Waals surface area (Å²) >= 11 is 12.8. The molecule has 0 bridgehead atoms. The number of phenolic OH excluding ortho intramolecular Hbond substituents is 1. The number of halogens is 2. The van der Waals surface area contributed by atoms with Gasteiger partial charge in [0.2, 0.25) is 11.8 Å². The van der Waals surface area contributed by atoms with Crippen molar-refractivity contribution in [2.24, 2.45) is 23.7 Å². The first-order chi connectivity index (χ1) is 28.1. The molecule has 58 heavy (non-hydrogen) atoms. The van der Waals surface area contributed by atoms with E-state index in [1.807, 2.05) is 18.2 Å². The van der Waals surface area contributed by atoms with Gasteiger partial charge in [0.05, 0.1) is 67.0 Å². The molecule has 298 valence electrons. The Hall–Kier alpha value is -5.56. The quantitative estimate of drug-likeness (QED) is 0.145. The number of fused-ring (bicyclic) bond motifs is 4. The number of hydrogen-bond acceptors (Lipinski definition) is 10. The minimum atomic E-state index is -1.63. The van der Waals surface area contributed by atoms with E-state index in [0.29, 0.717) is 52.1 Å². The van der Waals surface area contributed by atoms with E-state index in [1.165, 1.54) is 31.3 Å². The Morgan fingerprint density at radius 3 is 2.16 bits per heavy atom. The largest absolute Gasteiger partial charge is 0.508 e. The van der Waals surface area contributed by atoms with Gasteiger partial charge in [0.1, 0.15) is 17.2 Å². The van der Waals surface area contributed by atoms with Crippen molar-refractivity contribution in [3.8, 4) is 17.2 Å². The average molecular weight is 824 g/mol. The smallest absolute Gasteiger partial charge is 0.260 e. The van der Waals surface area contributed by atoms with Gasteiger partial charge < -0.3 is 24.2 Å². The molecular weight excluding hydrogens is 783 g/mol. The molecule has 3 aliphatic heterocycles.